The summed E-state index contributed by atoms with van der Waals surface area (Å²) in [5, 5.41) is 6.56. The summed E-state index contributed by atoms with van der Waals surface area (Å²) in [6, 6.07) is 9.82. The Balaban J connectivity index is 1.59. The third kappa shape index (κ3) is 4.04. The fourth-order valence-electron chi connectivity index (χ4n) is 2.17. The first kappa shape index (κ1) is 17.6. The molecule has 2 aromatic rings. The van der Waals surface area contributed by atoms with Gasteiger partial charge in [-0.05, 0) is 42.0 Å². The van der Waals surface area contributed by atoms with Crippen LogP contribution < -0.4 is 25.0 Å². The molecule has 2 N–H and O–H groups in total. The van der Waals surface area contributed by atoms with Crippen molar-refractivity contribution in [2.24, 2.45) is 5.10 Å². The molecule has 0 saturated carbocycles. The van der Waals surface area contributed by atoms with E-state index in [4.69, 9.17) is 25.8 Å². The first-order valence-electron chi connectivity index (χ1n) is 7.44. The largest absolute Gasteiger partial charge is 0.495 e. The molecule has 9 heteroatoms. The molecular weight excluding hydrogens is 362 g/mol. The summed E-state index contributed by atoms with van der Waals surface area (Å²) in [7, 11) is 1.44. The number of amides is 2. The van der Waals surface area contributed by atoms with Gasteiger partial charge >= 0.3 is 11.8 Å². The first-order valence-corrected chi connectivity index (χ1v) is 7.82. The number of halogens is 1. The zero-order valence-corrected chi connectivity index (χ0v) is 14.4. The van der Waals surface area contributed by atoms with E-state index in [1.807, 2.05) is 0 Å². The van der Waals surface area contributed by atoms with E-state index in [0.717, 1.165) is 0 Å². The molecule has 0 unspecified atom stereocenters. The van der Waals surface area contributed by atoms with Crippen LogP contribution >= 0.6 is 11.6 Å². The lowest BCUT2D eigenvalue weighted by atomic mass is 10.2. The van der Waals surface area contributed by atoms with Crippen LogP contribution in [0.25, 0.3) is 0 Å². The fraction of sp³-hybridized carbons (Fsp3) is 0.118. The number of methoxy groups -OCH3 is 1. The lowest BCUT2D eigenvalue weighted by Gasteiger charge is -2.09. The summed E-state index contributed by atoms with van der Waals surface area (Å²) >= 11 is 5.88. The Kier molecular flexibility index (Phi) is 5.23. The molecule has 8 nitrogen and oxygen atoms in total. The number of benzene rings is 2. The SMILES string of the molecule is COc1ccc(Cl)cc1NC(=O)C(=O)NN=Cc1ccc2c(c1)OCO2. The normalized spacial score (nSPS) is 12.1. The lowest BCUT2D eigenvalue weighted by molar-refractivity contribution is -0.136. The average Bonchev–Trinajstić information content (AvgIpc) is 3.09. The molecule has 0 fully saturated rings. The van der Waals surface area contributed by atoms with E-state index >= 15 is 0 Å². The van der Waals surface area contributed by atoms with Crippen LogP contribution in [0.1, 0.15) is 5.56 Å². The van der Waals surface area contributed by atoms with E-state index in [2.05, 4.69) is 15.8 Å². The van der Waals surface area contributed by atoms with Crippen molar-refractivity contribution in [3.05, 3.63) is 47.0 Å². The van der Waals surface area contributed by atoms with Crippen molar-refractivity contribution in [2.45, 2.75) is 0 Å². The maximum Gasteiger partial charge on any atom is 0.329 e. The average molecular weight is 376 g/mol. The van der Waals surface area contributed by atoms with E-state index < -0.39 is 11.8 Å². The maximum atomic E-state index is 12.0. The van der Waals surface area contributed by atoms with E-state index in [1.165, 1.54) is 19.4 Å². The van der Waals surface area contributed by atoms with Crippen LogP contribution in [0.15, 0.2) is 41.5 Å². The highest BCUT2D eigenvalue weighted by Gasteiger charge is 2.16. The Morgan fingerprint density at radius 2 is 1.96 bits per heavy atom. The number of hydrazone groups is 1. The predicted molar refractivity (Wildman–Crippen MR) is 94.9 cm³/mol. The smallest absolute Gasteiger partial charge is 0.329 e. The van der Waals surface area contributed by atoms with E-state index in [1.54, 1.807) is 30.3 Å². The molecule has 1 aliphatic rings. The molecule has 0 aromatic heterocycles. The number of carbonyl (C=O) groups excluding carboxylic acids is 2. The molecular formula is C17H14ClN3O5. The van der Waals surface area contributed by atoms with Gasteiger partial charge < -0.3 is 19.5 Å². The summed E-state index contributed by atoms with van der Waals surface area (Å²) in [4.78, 5) is 23.8. The summed E-state index contributed by atoms with van der Waals surface area (Å²) in [5.41, 5.74) is 3.09. The molecule has 0 radical (unpaired) electrons. The predicted octanol–water partition coefficient (Wildman–Crippen LogP) is 2.17. The Labute approximate surface area is 153 Å². The van der Waals surface area contributed by atoms with Crippen LogP contribution in [0.5, 0.6) is 17.2 Å². The van der Waals surface area contributed by atoms with Crippen LogP contribution in [0, 0.1) is 0 Å². The number of nitrogens with one attached hydrogen (secondary N) is 2. The highest BCUT2D eigenvalue weighted by molar-refractivity contribution is 6.40. The van der Waals surface area contributed by atoms with Crippen molar-refractivity contribution in [2.75, 3.05) is 19.2 Å². The van der Waals surface area contributed by atoms with Gasteiger partial charge in [-0.1, -0.05) is 11.6 Å². The number of rotatable bonds is 4. The summed E-state index contributed by atoms with van der Waals surface area (Å²) in [6.07, 6.45) is 1.38. The van der Waals surface area contributed by atoms with Crippen molar-refractivity contribution >= 4 is 35.3 Å². The van der Waals surface area contributed by atoms with Gasteiger partial charge in [-0.2, -0.15) is 5.10 Å². The van der Waals surface area contributed by atoms with Crippen LogP contribution in [0.3, 0.4) is 0 Å². The van der Waals surface area contributed by atoms with Crippen LogP contribution in [0.2, 0.25) is 5.02 Å². The zero-order valence-electron chi connectivity index (χ0n) is 13.6. The molecule has 3 rings (SSSR count). The van der Waals surface area contributed by atoms with Crippen LogP contribution in [-0.4, -0.2) is 31.9 Å². The Morgan fingerprint density at radius 1 is 1.15 bits per heavy atom. The van der Waals surface area contributed by atoms with E-state index in [9.17, 15) is 9.59 Å². The number of hydrogen-bond acceptors (Lipinski definition) is 6. The molecule has 0 aliphatic carbocycles. The number of hydrogen-bond donors (Lipinski definition) is 2. The highest BCUT2D eigenvalue weighted by atomic mass is 35.5. The van der Waals surface area contributed by atoms with Crippen molar-refractivity contribution in [1.82, 2.24) is 5.43 Å². The van der Waals surface area contributed by atoms with Gasteiger partial charge in [-0.15, -0.1) is 0 Å². The van der Waals surface area contributed by atoms with Gasteiger partial charge in [0.2, 0.25) is 6.79 Å². The topological polar surface area (TPSA) is 98.2 Å². The van der Waals surface area contributed by atoms with Crippen molar-refractivity contribution in [1.29, 1.82) is 0 Å². The van der Waals surface area contributed by atoms with Gasteiger partial charge in [0, 0.05) is 5.02 Å². The minimum atomic E-state index is -0.941. The lowest BCUT2D eigenvalue weighted by Crippen LogP contribution is -2.32. The van der Waals surface area contributed by atoms with Crippen LogP contribution in [0.4, 0.5) is 5.69 Å². The van der Waals surface area contributed by atoms with Gasteiger partial charge in [-0.25, -0.2) is 5.43 Å². The van der Waals surface area contributed by atoms with Gasteiger partial charge in [0.15, 0.2) is 11.5 Å². The minimum Gasteiger partial charge on any atom is -0.495 e. The van der Waals surface area contributed by atoms with Gasteiger partial charge in [0.05, 0.1) is 19.0 Å². The second-order valence-corrected chi connectivity index (χ2v) is 5.55. The molecule has 1 heterocycles. The maximum absolute atomic E-state index is 12.0. The van der Waals surface area contributed by atoms with Crippen molar-refractivity contribution < 1.29 is 23.8 Å². The van der Waals surface area contributed by atoms with Gasteiger partial charge in [-0.3, -0.25) is 9.59 Å². The monoisotopic (exact) mass is 375 g/mol. The molecule has 0 atom stereocenters. The molecule has 0 spiro atoms. The van der Waals surface area contributed by atoms with Crippen molar-refractivity contribution in [3.8, 4) is 17.2 Å². The second kappa shape index (κ2) is 7.75. The van der Waals surface area contributed by atoms with E-state index in [0.29, 0.717) is 27.8 Å². The molecule has 0 bridgehead atoms. The number of anilines is 1. The first-order chi connectivity index (χ1) is 12.6. The number of carbonyl (C=O) groups is 2. The minimum absolute atomic E-state index is 0.166. The molecule has 2 amide bonds. The molecule has 134 valence electrons. The van der Waals surface area contributed by atoms with E-state index in [-0.39, 0.29) is 12.5 Å². The highest BCUT2D eigenvalue weighted by Crippen LogP contribution is 2.32. The van der Waals surface area contributed by atoms with Gasteiger partial charge in [0.1, 0.15) is 5.75 Å². The summed E-state index contributed by atoms with van der Waals surface area (Å²) < 4.78 is 15.5. The number of nitrogens with zero attached hydrogens (tertiary/aromatic N) is 1. The fourth-order valence-corrected chi connectivity index (χ4v) is 2.34. The summed E-state index contributed by atoms with van der Waals surface area (Å²) in [6.45, 7) is 0.166. The Morgan fingerprint density at radius 3 is 2.77 bits per heavy atom. The molecule has 0 saturated heterocycles. The summed E-state index contributed by atoms with van der Waals surface area (Å²) in [5.74, 6) is -0.246. The molecule has 2 aromatic carbocycles. The zero-order chi connectivity index (χ0) is 18.5. The van der Waals surface area contributed by atoms with Crippen molar-refractivity contribution in [3.63, 3.8) is 0 Å². The third-order valence-electron chi connectivity index (χ3n) is 3.39. The Bertz CT molecular complexity index is 885. The Hall–Kier alpha value is -3.26. The van der Waals surface area contributed by atoms with Gasteiger partial charge in [0.25, 0.3) is 0 Å². The third-order valence-corrected chi connectivity index (χ3v) is 3.63. The number of ether oxygens (including phenoxy) is 3. The second-order valence-electron chi connectivity index (χ2n) is 5.11. The quantitative estimate of drug-likeness (QED) is 0.485. The number of fused-ring (bicyclic) bond motifs is 1. The standard InChI is InChI=1S/C17H14ClN3O5/c1-24-13-5-3-11(18)7-12(13)20-16(22)17(23)21-19-8-10-2-4-14-15(6-10)26-9-25-14/h2-8H,9H2,1H3,(H,20,22)(H,21,23). The molecule has 26 heavy (non-hydrogen) atoms. The van der Waals surface area contributed by atoms with Crippen LogP contribution in [-0.2, 0) is 9.59 Å². The molecule has 1 aliphatic heterocycles.